The number of benzene rings is 1. The summed E-state index contributed by atoms with van der Waals surface area (Å²) in [5, 5.41) is 19.8. The monoisotopic (exact) mass is 400 g/mol. The summed E-state index contributed by atoms with van der Waals surface area (Å²) >= 11 is 0.807. The van der Waals surface area contributed by atoms with Gasteiger partial charge in [-0.15, -0.1) is 0 Å². The van der Waals surface area contributed by atoms with Crippen molar-refractivity contribution in [3.63, 3.8) is 0 Å². The summed E-state index contributed by atoms with van der Waals surface area (Å²) in [4.78, 5) is 41.2. The van der Waals surface area contributed by atoms with Crippen molar-refractivity contribution >= 4 is 28.8 Å². The van der Waals surface area contributed by atoms with Gasteiger partial charge in [-0.05, 0) is 32.9 Å². The molecular weight excluding hydrogens is 376 g/mol. The number of hydrogen-bond acceptors (Lipinski definition) is 8. The number of nitrogens with one attached hydrogen (secondary N) is 2. The van der Waals surface area contributed by atoms with E-state index in [1.807, 2.05) is 0 Å². The van der Waals surface area contributed by atoms with Crippen molar-refractivity contribution in [1.82, 2.24) is 5.32 Å². The van der Waals surface area contributed by atoms with Crippen LogP contribution in [0.5, 0.6) is 0 Å². The quantitative estimate of drug-likeness (QED) is 0.379. The molecule has 0 bridgehead atoms. The van der Waals surface area contributed by atoms with Gasteiger partial charge >= 0.3 is 5.97 Å². The molecule has 9 nitrogen and oxygen atoms in total. The van der Waals surface area contributed by atoms with Crippen molar-refractivity contribution in [2.24, 2.45) is 5.41 Å². The van der Waals surface area contributed by atoms with Crippen molar-refractivity contribution in [3.8, 4) is 0 Å². The van der Waals surface area contributed by atoms with Crippen molar-refractivity contribution in [2.45, 2.75) is 26.8 Å². The molecule has 0 heterocycles. The van der Waals surface area contributed by atoms with Crippen LogP contribution < -0.4 is 10.7 Å². The summed E-state index contributed by atoms with van der Waals surface area (Å²) in [6.45, 7) is 4.53. The largest absolute Gasteiger partial charge is 0.566 e. The van der Waals surface area contributed by atoms with Gasteiger partial charge in [0.05, 0.1) is 12.0 Å². The third-order valence-corrected chi connectivity index (χ3v) is 4.72. The van der Waals surface area contributed by atoms with E-state index in [0.29, 0.717) is 5.56 Å². The van der Waals surface area contributed by atoms with Gasteiger partial charge in [-0.1, -0.05) is 35.4 Å². The van der Waals surface area contributed by atoms with Gasteiger partial charge in [0.25, 0.3) is 5.91 Å². The summed E-state index contributed by atoms with van der Waals surface area (Å²) in [7, 11) is 0. The molecule has 2 atom stereocenters. The fourth-order valence-corrected chi connectivity index (χ4v) is 2.89. The first-order chi connectivity index (χ1) is 12.7. The molecule has 10 heteroatoms. The number of carbonyl (C=O) groups excluding carboxylic acids is 3. The molecule has 0 radical (unpaired) electrons. The summed E-state index contributed by atoms with van der Waals surface area (Å²) < 4.78 is 4.96. The maximum atomic E-state index is 12.3. The van der Waals surface area contributed by atoms with Gasteiger partial charge in [0.1, 0.15) is 12.6 Å². The molecule has 27 heavy (non-hydrogen) atoms. The number of carbonyl (C=O) groups is 3. The lowest BCUT2D eigenvalue weighted by Crippen LogP contribution is -3.03. The Morgan fingerprint density at radius 2 is 1.93 bits per heavy atom. The minimum atomic E-state index is -1.47. The van der Waals surface area contributed by atoms with Crippen LogP contribution in [-0.2, 0) is 19.2 Å². The number of ether oxygens (including phenoxy) is 1. The molecule has 2 unspecified atom stereocenters. The highest BCUT2D eigenvalue weighted by Crippen LogP contribution is 2.24. The van der Waals surface area contributed by atoms with E-state index in [1.165, 1.54) is 13.8 Å². The fourth-order valence-electron chi connectivity index (χ4n) is 1.90. The molecule has 0 fully saturated rings. The van der Waals surface area contributed by atoms with Crippen LogP contribution in [0.2, 0.25) is 0 Å². The Labute approximate surface area is 161 Å². The fraction of sp³-hybridized carbons (Fsp3) is 0.471. The summed E-state index contributed by atoms with van der Waals surface area (Å²) in [6, 6.07) is 7.32. The van der Waals surface area contributed by atoms with E-state index in [0.717, 1.165) is 11.8 Å². The van der Waals surface area contributed by atoms with Gasteiger partial charge in [-0.2, -0.15) is 10.0 Å². The zero-order chi connectivity index (χ0) is 20.4. The van der Waals surface area contributed by atoms with Crippen LogP contribution in [0.1, 0.15) is 31.1 Å². The lowest BCUT2D eigenvalue weighted by Gasteiger charge is -2.24. The second-order valence-electron chi connectivity index (χ2n) is 6.18. The normalized spacial score (nSPS) is 13.5. The zero-order valence-corrected chi connectivity index (χ0v) is 16.2. The topological polar surface area (TPSA) is 129 Å². The Hall–Kier alpha value is -1.98. The van der Waals surface area contributed by atoms with Crippen molar-refractivity contribution in [3.05, 3.63) is 41.1 Å². The highest BCUT2D eigenvalue weighted by Gasteiger charge is 2.32. The highest BCUT2D eigenvalue weighted by atomic mass is 32.2. The van der Waals surface area contributed by atoms with Gasteiger partial charge in [-0.3, -0.25) is 9.59 Å². The molecule has 0 aliphatic heterocycles. The first-order valence-electron chi connectivity index (χ1n) is 8.23. The second-order valence-corrected chi connectivity index (χ2v) is 7.17. The van der Waals surface area contributed by atoms with Crippen molar-refractivity contribution in [1.29, 1.82) is 0 Å². The number of hydrogen-bond donors (Lipinski definition) is 3. The van der Waals surface area contributed by atoms with E-state index in [-0.39, 0.29) is 24.1 Å². The van der Waals surface area contributed by atoms with Gasteiger partial charge in [-0.25, -0.2) is 4.79 Å². The molecule has 0 aliphatic carbocycles. The predicted octanol–water partition coefficient (Wildman–Crippen LogP) is 0.338. The molecule has 0 aliphatic rings. The van der Waals surface area contributed by atoms with E-state index in [1.54, 1.807) is 37.3 Å². The Balaban J connectivity index is 2.73. The van der Waals surface area contributed by atoms with Crippen LogP contribution in [-0.4, -0.2) is 47.2 Å². The third kappa shape index (κ3) is 8.06. The van der Waals surface area contributed by atoms with Gasteiger partial charge < -0.3 is 15.3 Å². The number of thioether (sulfide) groups is 1. The van der Waals surface area contributed by atoms with Crippen LogP contribution in [0.4, 0.5) is 0 Å². The van der Waals surface area contributed by atoms with E-state index in [4.69, 9.17) is 9.94 Å². The smallest absolute Gasteiger partial charge is 0.329 e. The lowest BCUT2D eigenvalue weighted by molar-refractivity contribution is -1.21. The Morgan fingerprint density at radius 1 is 1.30 bits per heavy atom. The molecule has 1 amide bonds. The van der Waals surface area contributed by atoms with Gasteiger partial charge in [0.2, 0.25) is 0 Å². The summed E-state index contributed by atoms with van der Waals surface area (Å²) in [5.41, 5.74) is -0.704. The van der Waals surface area contributed by atoms with Gasteiger partial charge in [0.15, 0.2) is 5.12 Å². The molecular formula is C17H24N2O7S. The summed E-state index contributed by atoms with van der Waals surface area (Å²) in [5.74, 6) is -1.16. The van der Waals surface area contributed by atoms with E-state index in [2.05, 4.69) is 10.2 Å². The number of quaternary nitrogens is 1. The molecule has 1 aromatic carbocycles. The third-order valence-electron chi connectivity index (χ3n) is 3.40. The maximum Gasteiger partial charge on any atom is 0.329 e. The van der Waals surface area contributed by atoms with E-state index < -0.39 is 28.7 Å². The highest BCUT2D eigenvalue weighted by molar-refractivity contribution is 8.13. The number of esters is 1. The van der Waals surface area contributed by atoms with Crippen LogP contribution in [0.25, 0.3) is 0 Å². The van der Waals surface area contributed by atoms with Gasteiger partial charge in [0, 0.05) is 11.3 Å². The van der Waals surface area contributed by atoms with Crippen molar-refractivity contribution in [2.75, 3.05) is 19.0 Å². The van der Waals surface area contributed by atoms with Crippen LogP contribution >= 0.6 is 11.8 Å². The second kappa shape index (κ2) is 11.0. The number of rotatable bonds is 10. The molecule has 0 saturated carbocycles. The molecule has 0 saturated heterocycles. The van der Waals surface area contributed by atoms with Crippen LogP contribution in [0, 0.1) is 10.6 Å². The standard InChI is InChI=1S/C17H24N2O7S/c1-4-25-15(21)13(18-14(20)12-8-6-5-7-9-12)10-27-16(22)17(2,3)11-26-19(23)24/h5-9,13,19,23H,4,10-11H2,1-3H3,(H,18,20). The molecule has 1 aromatic rings. The average molecular weight is 400 g/mol. The molecule has 0 spiro atoms. The molecule has 0 aromatic heterocycles. The Bertz CT molecular complexity index is 637. The zero-order valence-electron chi connectivity index (χ0n) is 15.4. The Kier molecular flexibility index (Phi) is 9.39. The minimum absolute atomic E-state index is 0.0489. The van der Waals surface area contributed by atoms with E-state index in [9.17, 15) is 19.6 Å². The van der Waals surface area contributed by atoms with Crippen LogP contribution in [0.15, 0.2) is 30.3 Å². The minimum Gasteiger partial charge on any atom is -0.566 e. The molecule has 3 N–H and O–H groups in total. The Morgan fingerprint density at radius 3 is 2.48 bits per heavy atom. The predicted molar refractivity (Wildman–Crippen MR) is 97.6 cm³/mol. The molecule has 150 valence electrons. The SMILES string of the molecule is CCOC(=O)C(CSC(=O)C(C)(C)CO[NH+]([O-])O)NC(=O)c1ccccc1. The van der Waals surface area contributed by atoms with Crippen molar-refractivity contribution < 1.29 is 34.6 Å². The molecule has 1 rings (SSSR count). The number of amides is 1. The van der Waals surface area contributed by atoms with E-state index >= 15 is 0 Å². The first-order valence-corrected chi connectivity index (χ1v) is 9.21. The lowest BCUT2D eigenvalue weighted by atomic mass is 9.97. The van der Waals surface area contributed by atoms with Crippen LogP contribution in [0.3, 0.4) is 0 Å². The first kappa shape index (κ1) is 23.1. The summed E-state index contributed by atoms with van der Waals surface area (Å²) in [6.07, 6.45) is 0. The average Bonchev–Trinajstić information content (AvgIpc) is 2.63. The maximum absolute atomic E-state index is 12.3.